The second kappa shape index (κ2) is 9.41. The van der Waals surface area contributed by atoms with Crippen molar-refractivity contribution in [3.63, 3.8) is 0 Å². The zero-order chi connectivity index (χ0) is 23.9. The fraction of sp³-hybridized carbons (Fsp3) is 0.536. The molecule has 6 heteroatoms. The van der Waals surface area contributed by atoms with Crippen molar-refractivity contribution in [1.82, 2.24) is 15.0 Å². The summed E-state index contributed by atoms with van der Waals surface area (Å²) in [6.07, 6.45) is 11.5. The Labute approximate surface area is 207 Å². The molecule has 3 aliphatic rings. The molecule has 34 heavy (non-hydrogen) atoms. The monoisotopic (exact) mass is 480 g/mol. The van der Waals surface area contributed by atoms with Crippen LogP contribution in [0.25, 0.3) is 22.2 Å². The predicted octanol–water partition coefficient (Wildman–Crippen LogP) is 7.47. The number of aryl methyl sites for hydroxylation is 2. The molecule has 0 aliphatic carbocycles. The normalized spacial score (nSPS) is 21.3. The highest BCUT2D eigenvalue weighted by atomic mass is 35.5. The van der Waals surface area contributed by atoms with E-state index >= 15 is 4.39 Å². The Hall–Kier alpha value is -2.27. The molecule has 1 aromatic carbocycles. The van der Waals surface area contributed by atoms with E-state index in [1.165, 1.54) is 25.7 Å². The second-order valence-corrected chi connectivity index (χ2v) is 10.9. The molecule has 0 saturated carbocycles. The number of piperidine rings is 1. The first-order valence-electron chi connectivity index (χ1n) is 12.8. The second-order valence-electron chi connectivity index (χ2n) is 10.5. The molecule has 2 aromatic heterocycles. The lowest BCUT2D eigenvalue weighted by Crippen LogP contribution is -2.42. The summed E-state index contributed by atoms with van der Waals surface area (Å²) in [7, 11) is 0. The number of pyridine rings is 1. The molecule has 4 nitrogen and oxygen atoms in total. The van der Waals surface area contributed by atoms with E-state index in [-0.39, 0.29) is 11.2 Å². The van der Waals surface area contributed by atoms with E-state index < -0.39 is 0 Å². The van der Waals surface area contributed by atoms with Crippen LogP contribution in [0.4, 0.5) is 10.2 Å². The average Bonchev–Trinajstić information content (AvgIpc) is 2.81. The summed E-state index contributed by atoms with van der Waals surface area (Å²) in [6.45, 7) is 8.31. The van der Waals surface area contributed by atoms with Crippen LogP contribution in [-0.2, 0) is 12.8 Å². The molecule has 1 atom stereocenters. The van der Waals surface area contributed by atoms with Gasteiger partial charge in [-0.3, -0.25) is 4.98 Å². The van der Waals surface area contributed by atoms with E-state index in [9.17, 15) is 0 Å². The summed E-state index contributed by atoms with van der Waals surface area (Å²) in [6, 6.07) is 3.99. The molecule has 6 rings (SSSR count). The van der Waals surface area contributed by atoms with Crippen molar-refractivity contribution in [2.24, 2.45) is 5.41 Å². The number of hydrogen-bond donors (Lipinski definition) is 0. The summed E-state index contributed by atoms with van der Waals surface area (Å²) in [5.74, 6) is 1.14. The van der Waals surface area contributed by atoms with Crippen molar-refractivity contribution >= 4 is 28.3 Å². The van der Waals surface area contributed by atoms with Crippen molar-refractivity contribution < 1.29 is 4.39 Å². The predicted molar refractivity (Wildman–Crippen MR) is 138 cm³/mol. The van der Waals surface area contributed by atoms with Crippen LogP contribution in [0.5, 0.6) is 0 Å². The fourth-order valence-corrected chi connectivity index (χ4v) is 6.19. The number of benzene rings is 1. The number of aromatic nitrogens is 3. The summed E-state index contributed by atoms with van der Waals surface area (Å²) in [5, 5.41) is 1.40. The third-order valence-corrected chi connectivity index (χ3v) is 8.00. The standard InChI is InChI=1S/C28H34ClFN4/c1-4-23-32-26-21-16-31-25(24(26)30)20-14-18(2)15-22(29)19(20)10-7-5-6-8-11-28(3)12-9-13-34(17-28)27(21)33-23/h14-16H,4-13,17H2,1-3H3. The topological polar surface area (TPSA) is 41.9 Å². The van der Waals surface area contributed by atoms with E-state index in [0.717, 1.165) is 61.3 Å². The fourth-order valence-electron chi connectivity index (χ4n) is 5.82. The Bertz CT molecular complexity index is 1230. The smallest absolute Gasteiger partial charge is 0.175 e. The highest BCUT2D eigenvalue weighted by Crippen LogP contribution is 2.40. The zero-order valence-electron chi connectivity index (χ0n) is 20.6. The maximum Gasteiger partial charge on any atom is 0.175 e. The van der Waals surface area contributed by atoms with Gasteiger partial charge in [0, 0.05) is 36.3 Å². The summed E-state index contributed by atoms with van der Waals surface area (Å²) in [4.78, 5) is 16.6. The number of hydrogen-bond acceptors (Lipinski definition) is 4. The Morgan fingerprint density at radius 2 is 1.88 bits per heavy atom. The van der Waals surface area contributed by atoms with Crippen LogP contribution in [0.15, 0.2) is 18.3 Å². The molecule has 1 fully saturated rings. The molecule has 5 heterocycles. The molecule has 3 aromatic rings. The maximum atomic E-state index is 16.2. The molecule has 6 bridgehead atoms. The summed E-state index contributed by atoms with van der Waals surface area (Å²) in [5.41, 5.74) is 3.75. The third-order valence-electron chi connectivity index (χ3n) is 7.66. The molecule has 1 unspecified atom stereocenters. The Morgan fingerprint density at radius 1 is 1.09 bits per heavy atom. The van der Waals surface area contributed by atoms with E-state index in [0.29, 0.717) is 33.9 Å². The largest absolute Gasteiger partial charge is 0.355 e. The van der Waals surface area contributed by atoms with Crippen LogP contribution >= 0.6 is 11.6 Å². The highest BCUT2D eigenvalue weighted by Gasteiger charge is 2.32. The van der Waals surface area contributed by atoms with Gasteiger partial charge < -0.3 is 4.90 Å². The minimum absolute atomic E-state index is 0.248. The van der Waals surface area contributed by atoms with Gasteiger partial charge in [0.25, 0.3) is 0 Å². The van der Waals surface area contributed by atoms with Gasteiger partial charge in [-0.2, -0.15) is 0 Å². The van der Waals surface area contributed by atoms with Gasteiger partial charge in [-0.25, -0.2) is 14.4 Å². The van der Waals surface area contributed by atoms with Crippen LogP contribution < -0.4 is 4.90 Å². The average molecular weight is 481 g/mol. The number of fused-ring (bicyclic) bond motifs is 6. The van der Waals surface area contributed by atoms with Crippen LogP contribution in [0, 0.1) is 18.2 Å². The SMILES string of the molecule is CCc1nc2c3cnc(c(F)c3n1)-c1cc(C)cc(Cl)c1CCCCCCC1(C)CCCN2C1. The maximum absolute atomic E-state index is 16.2. The van der Waals surface area contributed by atoms with Crippen LogP contribution in [0.3, 0.4) is 0 Å². The number of nitrogens with zero attached hydrogens (tertiary/aromatic N) is 4. The third kappa shape index (κ3) is 4.39. The molecular weight excluding hydrogens is 447 g/mol. The molecule has 0 N–H and O–H groups in total. The van der Waals surface area contributed by atoms with E-state index in [4.69, 9.17) is 16.6 Å². The van der Waals surface area contributed by atoms with Crippen LogP contribution in [0.2, 0.25) is 5.02 Å². The minimum Gasteiger partial charge on any atom is -0.355 e. The van der Waals surface area contributed by atoms with Crippen LogP contribution in [0.1, 0.15) is 75.7 Å². The van der Waals surface area contributed by atoms with Crippen molar-refractivity contribution in [1.29, 1.82) is 0 Å². The summed E-state index contributed by atoms with van der Waals surface area (Å²) < 4.78 is 16.2. The van der Waals surface area contributed by atoms with Crippen molar-refractivity contribution in [3.8, 4) is 11.3 Å². The van der Waals surface area contributed by atoms with E-state index in [1.54, 1.807) is 6.20 Å². The van der Waals surface area contributed by atoms with E-state index in [2.05, 4.69) is 21.8 Å². The first kappa shape index (κ1) is 23.5. The first-order valence-corrected chi connectivity index (χ1v) is 13.2. The Balaban J connectivity index is 1.74. The lowest BCUT2D eigenvalue weighted by molar-refractivity contribution is 0.232. The van der Waals surface area contributed by atoms with E-state index in [1.807, 2.05) is 26.0 Å². The minimum atomic E-state index is -0.370. The van der Waals surface area contributed by atoms with Gasteiger partial charge >= 0.3 is 0 Å². The Morgan fingerprint density at radius 3 is 2.71 bits per heavy atom. The van der Waals surface area contributed by atoms with Gasteiger partial charge in [0.1, 0.15) is 22.9 Å². The van der Waals surface area contributed by atoms with Gasteiger partial charge in [-0.1, -0.05) is 44.7 Å². The first-order chi connectivity index (χ1) is 16.4. The quantitative estimate of drug-likeness (QED) is 0.362. The van der Waals surface area contributed by atoms with Gasteiger partial charge in [-0.05, 0) is 67.7 Å². The lowest BCUT2D eigenvalue weighted by Gasteiger charge is -2.41. The van der Waals surface area contributed by atoms with Crippen LogP contribution in [-0.4, -0.2) is 28.0 Å². The zero-order valence-corrected chi connectivity index (χ0v) is 21.3. The molecule has 3 aliphatic heterocycles. The van der Waals surface area contributed by atoms with Gasteiger partial charge in [0.2, 0.25) is 0 Å². The van der Waals surface area contributed by atoms with Gasteiger partial charge in [-0.15, -0.1) is 0 Å². The number of halogens is 2. The highest BCUT2D eigenvalue weighted by molar-refractivity contribution is 6.31. The molecule has 180 valence electrons. The summed E-state index contributed by atoms with van der Waals surface area (Å²) >= 11 is 6.70. The number of rotatable bonds is 1. The van der Waals surface area contributed by atoms with Crippen molar-refractivity contribution in [2.45, 2.75) is 78.6 Å². The Kier molecular flexibility index (Phi) is 6.49. The number of anilines is 1. The molecule has 0 radical (unpaired) electrons. The molecule has 0 spiro atoms. The van der Waals surface area contributed by atoms with Crippen molar-refractivity contribution in [2.75, 3.05) is 18.0 Å². The lowest BCUT2D eigenvalue weighted by atomic mass is 9.77. The van der Waals surface area contributed by atoms with Gasteiger partial charge in [0.05, 0.1) is 5.39 Å². The van der Waals surface area contributed by atoms with Gasteiger partial charge in [0.15, 0.2) is 5.82 Å². The molecule has 1 saturated heterocycles. The molecular formula is C28H34ClFN4. The molecule has 0 amide bonds. The van der Waals surface area contributed by atoms with Crippen molar-refractivity contribution in [3.05, 3.63) is 46.1 Å².